The summed E-state index contributed by atoms with van der Waals surface area (Å²) in [5, 5.41) is 14.4. The van der Waals surface area contributed by atoms with Crippen LogP contribution in [0.5, 0.6) is 0 Å². The third kappa shape index (κ3) is 2.82. The molecule has 1 fully saturated rings. The molecule has 1 atom stereocenters. The second-order valence-corrected chi connectivity index (χ2v) is 8.11. The van der Waals surface area contributed by atoms with Crippen molar-refractivity contribution in [2.75, 3.05) is 0 Å². The predicted molar refractivity (Wildman–Crippen MR) is 105 cm³/mol. The average Bonchev–Trinajstić information content (AvgIpc) is 3.23. The molecule has 1 aliphatic carbocycles. The second-order valence-electron chi connectivity index (χ2n) is 8.11. The van der Waals surface area contributed by atoms with Gasteiger partial charge in [0.1, 0.15) is 28.8 Å². The van der Waals surface area contributed by atoms with E-state index in [4.69, 9.17) is 10.3 Å². The lowest BCUT2D eigenvalue weighted by atomic mass is 9.75. The summed E-state index contributed by atoms with van der Waals surface area (Å²) < 4.78 is 21.8. The Morgan fingerprint density at radius 3 is 2.83 bits per heavy atom. The summed E-state index contributed by atoms with van der Waals surface area (Å²) in [6, 6.07) is 4.92. The lowest BCUT2D eigenvalue weighted by Gasteiger charge is -2.34. The van der Waals surface area contributed by atoms with Crippen LogP contribution in [0.4, 0.5) is 4.39 Å². The van der Waals surface area contributed by atoms with Crippen LogP contribution in [0.15, 0.2) is 28.9 Å². The number of benzene rings is 1. The molecule has 3 aliphatic rings. The number of hydrogen-bond acceptors (Lipinski definition) is 5. The Kier molecular flexibility index (Phi) is 3.89. The molecule has 4 heterocycles. The number of carbonyl (C=O) groups is 1. The zero-order valence-corrected chi connectivity index (χ0v) is 16.4. The van der Waals surface area contributed by atoms with Crippen molar-refractivity contribution in [1.82, 2.24) is 14.7 Å². The number of amides is 1. The summed E-state index contributed by atoms with van der Waals surface area (Å²) in [6.07, 6.45) is 3.39. The fourth-order valence-electron chi connectivity index (χ4n) is 4.12. The number of carbonyl (C=O) groups excluding carboxylic acids is 1. The van der Waals surface area contributed by atoms with Crippen molar-refractivity contribution in [3.8, 4) is 23.2 Å². The molecule has 0 radical (unpaired) electrons. The molecule has 1 aromatic carbocycles. The monoisotopic (exact) mass is 406 g/mol. The Balaban J connectivity index is 1.61. The summed E-state index contributed by atoms with van der Waals surface area (Å²) in [7, 11) is 0. The van der Waals surface area contributed by atoms with Crippen LogP contribution < -0.4 is 5.73 Å². The highest BCUT2D eigenvalue weighted by molar-refractivity contribution is 5.91. The number of aryl methyl sites for hydroxylation is 1. The van der Waals surface area contributed by atoms with Crippen LogP contribution in [0.25, 0.3) is 11.4 Å². The van der Waals surface area contributed by atoms with Gasteiger partial charge in [-0.3, -0.25) is 4.79 Å². The molecule has 2 aromatic heterocycles. The van der Waals surface area contributed by atoms with E-state index in [0.29, 0.717) is 11.6 Å². The second kappa shape index (κ2) is 6.28. The van der Waals surface area contributed by atoms with Crippen molar-refractivity contribution in [2.45, 2.75) is 44.2 Å². The molecular formula is C22H19FN4O3. The molecule has 30 heavy (non-hydrogen) atoms. The lowest BCUT2D eigenvalue weighted by Crippen LogP contribution is -2.22. The van der Waals surface area contributed by atoms with Crippen LogP contribution in [-0.2, 0) is 5.60 Å². The van der Waals surface area contributed by atoms with Gasteiger partial charge in [0.2, 0.25) is 0 Å². The molecule has 2 aliphatic heterocycles. The minimum absolute atomic E-state index is 0.128. The fourth-order valence-corrected chi connectivity index (χ4v) is 4.12. The molecule has 1 saturated carbocycles. The van der Waals surface area contributed by atoms with Crippen LogP contribution in [0.2, 0.25) is 0 Å². The number of aliphatic hydroxyl groups is 1. The number of aromatic nitrogens is 3. The smallest absolute Gasteiger partial charge is 0.268 e. The van der Waals surface area contributed by atoms with Crippen LogP contribution in [0.1, 0.15) is 64.8 Å². The SMILES string of the molecule is Cc1cc(C(C)(O)C#Cc2cc3c(cc2F)C2CC(C2)n2cc(C(N)=O)nc2-3)no1. The standard InChI is InChI=1S/C22H19FN4O3/c1-11-5-19(26-30-11)22(2,29)4-3-12-8-16-15(9-17(12)23)13-6-14(7-13)27-10-18(20(24)28)25-21(16)27/h5,8-10,13-14,29H,6-7H2,1-2H3,(H2,24,28). The molecule has 3 N–H and O–H groups in total. The molecule has 6 rings (SSSR count). The van der Waals surface area contributed by atoms with Gasteiger partial charge in [-0.2, -0.15) is 0 Å². The van der Waals surface area contributed by atoms with Gasteiger partial charge < -0.3 is 19.9 Å². The Morgan fingerprint density at radius 2 is 2.17 bits per heavy atom. The van der Waals surface area contributed by atoms with E-state index in [1.807, 2.05) is 4.57 Å². The van der Waals surface area contributed by atoms with Gasteiger partial charge in [-0.1, -0.05) is 17.0 Å². The first-order chi connectivity index (χ1) is 14.2. The Hall–Kier alpha value is -3.44. The first-order valence-electron chi connectivity index (χ1n) is 9.65. The third-order valence-electron chi connectivity index (χ3n) is 5.88. The van der Waals surface area contributed by atoms with Crippen LogP contribution >= 0.6 is 0 Å². The maximum atomic E-state index is 14.9. The summed E-state index contributed by atoms with van der Waals surface area (Å²) >= 11 is 0. The number of imidazole rings is 1. The van der Waals surface area contributed by atoms with Gasteiger partial charge in [0.25, 0.3) is 5.91 Å². The van der Waals surface area contributed by atoms with Crippen molar-refractivity contribution in [3.63, 3.8) is 0 Å². The van der Waals surface area contributed by atoms with Crippen molar-refractivity contribution in [2.24, 2.45) is 5.73 Å². The van der Waals surface area contributed by atoms with Gasteiger partial charge in [0.05, 0.1) is 5.56 Å². The Morgan fingerprint density at radius 1 is 1.40 bits per heavy atom. The number of rotatable bonds is 2. The average molecular weight is 406 g/mol. The minimum atomic E-state index is -1.60. The molecule has 1 amide bonds. The highest BCUT2D eigenvalue weighted by atomic mass is 19.1. The van der Waals surface area contributed by atoms with E-state index >= 15 is 0 Å². The molecule has 3 aromatic rings. The van der Waals surface area contributed by atoms with Gasteiger partial charge in [-0.05, 0) is 50.3 Å². The normalized spacial score (nSPS) is 20.7. The summed E-state index contributed by atoms with van der Waals surface area (Å²) in [5.41, 5.74) is 5.96. The van der Waals surface area contributed by atoms with E-state index in [1.165, 1.54) is 13.0 Å². The molecule has 0 saturated heterocycles. The highest BCUT2D eigenvalue weighted by Crippen LogP contribution is 2.52. The minimum Gasteiger partial charge on any atom is -0.372 e. The molecule has 7 nitrogen and oxygen atoms in total. The third-order valence-corrected chi connectivity index (χ3v) is 5.88. The largest absolute Gasteiger partial charge is 0.372 e. The zero-order chi connectivity index (χ0) is 21.2. The maximum absolute atomic E-state index is 14.9. The Bertz CT molecular complexity index is 1260. The molecular weight excluding hydrogens is 387 g/mol. The van der Waals surface area contributed by atoms with Gasteiger partial charge in [-0.15, -0.1) is 0 Å². The van der Waals surface area contributed by atoms with Crippen LogP contribution in [-0.4, -0.2) is 25.7 Å². The van der Waals surface area contributed by atoms with Crippen molar-refractivity contribution in [1.29, 1.82) is 0 Å². The molecule has 152 valence electrons. The van der Waals surface area contributed by atoms with Crippen molar-refractivity contribution < 1.29 is 18.8 Å². The van der Waals surface area contributed by atoms with Gasteiger partial charge >= 0.3 is 0 Å². The van der Waals surface area contributed by atoms with Crippen LogP contribution in [0.3, 0.4) is 0 Å². The van der Waals surface area contributed by atoms with E-state index in [9.17, 15) is 14.3 Å². The topological polar surface area (TPSA) is 107 Å². The molecule has 8 heteroatoms. The summed E-state index contributed by atoms with van der Waals surface area (Å²) in [6.45, 7) is 3.18. The number of halogens is 1. The van der Waals surface area contributed by atoms with Gasteiger partial charge in [-0.25, -0.2) is 9.37 Å². The fraction of sp³-hybridized carbons (Fsp3) is 0.318. The molecule has 0 spiro atoms. The number of hydrogen-bond donors (Lipinski definition) is 2. The molecule has 2 bridgehead atoms. The predicted octanol–water partition coefficient (Wildman–Crippen LogP) is 2.78. The summed E-state index contributed by atoms with van der Waals surface area (Å²) in [4.78, 5) is 16.0. The lowest BCUT2D eigenvalue weighted by molar-refractivity contribution is 0.0995. The number of nitrogens with zero attached hydrogens (tertiary/aromatic N) is 3. The zero-order valence-electron chi connectivity index (χ0n) is 16.4. The number of primary amides is 1. The molecule has 1 unspecified atom stereocenters. The summed E-state index contributed by atoms with van der Waals surface area (Å²) in [5.74, 6) is 5.71. The van der Waals surface area contributed by atoms with Gasteiger partial charge in [0.15, 0.2) is 5.60 Å². The van der Waals surface area contributed by atoms with Crippen LogP contribution in [0, 0.1) is 24.6 Å². The van der Waals surface area contributed by atoms with E-state index in [2.05, 4.69) is 22.0 Å². The van der Waals surface area contributed by atoms with Gasteiger partial charge in [0, 0.05) is 23.9 Å². The van der Waals surface area contributed by atoms with E-state index in [1.54, 1.807) is 25.3 Å². The first kappa shape index (κ1) is 18.6. The van der Waals surface area contributed by atoms with E-state index < -0.39 is 17.3 Å². The quantitative estimate of drug-likeness (QED) is 0.637. The number of nitrogens with two attached hydrogens (primary N) is 1. The Labute approximate surface area is 171 Å². The van der Waals surface area contributed by atoms with E-state index in [0.717, 1.165) is 24.0 Å². The first-order valence-corrected chi connectivity index (χ1v) is 9.65. The maximum Gasteiger partial charge on any atom is 0.268 e. The highest BCUT2D eigenvalue weighted by Gasteiger charge is 2.39. The van der Waals surface area contributed by atoms with E-state index in [-0.39, 0.29) is 28.9 Å². The van der Waals surface area contributed by atoms with Crippen molar-refractivity contribution >= 4 is 5.91 Å². The van der Waals surface area contributed by atoms with Crippen molar-refractivity contribution in [3.05, 3.63) is 58.5 Å².